The molecule has 0 radical (unpaired) electrons. The molecule has 0 amide bonds. The molecule has 0 unspecified atom stereocenters. The maximum atomic E-state index is 5.37. The lowest BCUT2D eigenvalue weighted by Crippen LogP contribution is -2.38. The van der Waals surface area contributed by atoms with Gasteiger partial charge in [0.25, 0.3) is 6.33 Å². The van der Waals surface area contributed by atoms with E-state index < -0.39 is 0 Å². The summed E-state index contributed by atoms with van der Waals surface area (Å²) in [7, 11) is 0. The maximum absolute atomic E-state index is 5.37. The molecule has 2 rings (SSSR count). The summed E-state index contributed by atoms with van der Waals surface area (Å²) in [6.45, 7) is 2.73. The Morgan fingerprint density at radius 2 is 2.14 bits per heavy atom. The highest BCUT2D eigenvalue weighted by molar-refractivity contribution is 4.66. The minimum Gasteiger partial charge on any atom is -0.336 e. The fourth-order valence-corrected chi connectivity index (χ4v) is 2.17. The van der Waals surface area contributed by atoms with Crippen molar-refractivity contribution in [3.63, 3.8) is 0 Å². The molecule has 1 aliphatic rings. The van der Waals surface area contributed by atoms with Gasteiger partial charge in [-0.05, 0) is 32.6 Å². The zero-order chi connectivity index (χ0) is 9.80. The third kappa shape index (κ3) is 2.08. The number of hydrogen-bond acceptors (Lipinski definition) is 1. The summed E-state index contributed by atoms with van der Waals surface area (Å²) >= 11 is 0. The van der Waals surface area contributed by atoms with Gasteiger partial charge in [-0.15, -0.1) is 0 Å². The van der Waals surface area contributed by atoms with Gasteiger partial charge in [0, 0.05) is 0 Å². The van der Waals surface area contributed by atoms with Crippen LogP contribution >= 0.6 is 0 Å². The molecular formula is C11H19N2O+. The Balaban J connectivity index is 2.00. The molecule has 0 bridgehead atoms. The van der Waals surface area contributed by atoms with E-state index >= 15 is 0 Å². The van der Waals surface area contributed by atoms with Crippen LogP contribution in [-0.4, -0.2) is 11.3 Å². The third-order valence-corrected chi connectivity index (χ3v) is 2.91. The number of imidazole rings is 1. The van der Waals surface area contributed by atoms with E-state index in [2.05, 4.69) is 17.1 Å². The molecule has 78 valence electrons. The largest absolute Gasteiger partial charge is 0.336 e. The normalized spacial score (nSPS) is 18.4. The van der Waals surface area contributed by atoms with Gasteiger partial charge in [0.15, 0.2) is 6.20 Å². The molecule has 1 aromatic rings. The van der Waals surface area contributed by atoms with Gasteiger partial charge < -0.3 is 4.84 Å². The van der Waals surface area contributed by atoms with E-state index in [1.165, 1.54) is 32.1 Å². The number of hydrogen-bond donors (Lipinski definition) is 0. The summed E-state index contributed by atoms with van der Waals surface area (Å²) in [5, 5.41) is 0. The van der Waals surface area contributed by atoms with E-state index in [0.29, 0.717) is 6.04 Å². The monoisotopic (exact) mass is 195 g/mol. The number of nitrogens with zero attached hydrogens (tertiary/aromatic N) is 2. The highest BCUT2D eigenvalue weighted by atomic mass is 16.7. The molecule has 0 aliphatic heterocycles. The summed E-state index contributed by atoms with van der Waals surface area (Å²) in [6, 6.07) is 0.699. The second kappa shape index (κ2) is 4.49. The Labute approximate surface area is 85.3 Å². The predicted octanol–water partition coefficient (Wildman–Crippen LogP) is 1.73. The average molecular weight is 195 g/mol. The fourth-order valence-electron chi connectivity index (χ4n) is 2.17. The predicted molar refractivity (Wildman–Crippen MR) is 53.9 cm³/mol. The van der Waals surface area contributed by atoms with E-state index in [0.717, 1.165) is 6.61 Å². The van der Waals surface area contributed by atoms with Crippen molar-refractivity contribution in [2.75, 3.05) is 6.61 Å². The SMILES string of the molecule is CCOn1cc[n+](C2CCCCC2)c1. The van der Waals surface area contributed by atoms with Crippen molar-refractivity contribution < 1.29 is 9.40 Å². The molecule has 0 aromatic carbocycles. The van der Waals surface area contributed by atoms with Gasteiger partial charge in [0.05, 0.1) is 0 Å². The Morgan fingerprint density at radius 1 is 1.36 bits per heavy atom. The zero-order valence-electron chi connectivity index (χ0n) is 8.85. The van der Waals surface area contributed by atoms with Crippen LogP contribution in [0.25, 0.3) is 0 Å². The van der Waals surface area contributed by atoms with Crippen molar-refractivity contribution >= 4 is 0 Å². The minimum atomic E-state index is 0.699. The highest BCUT2D eigenvalue weighted by Gasteiger charge is 2.19. The van der Waals surface area contributed by atoms with Crippen LogP contribution in [0.15, 0.2) is 18.7 Å². The van der Waals surface area contributed by atoms with Crippen molar-refractivity contribution in [1.29, 1.82) is 0 Å². The van der Waals surface area contributed by atoms with Gasteiger partial charge in [-0.3, -0.25) is 0 Å². The molecule has 3 heteroatoms. The summed E-state index contributed by atoms with van der Waals surface area (Å²) in [5.74, 6) is 0. The second-order valence-electron chi connectivity index (χ2n) is 3.93. The van der Waals surface area contributed by atoms with Crippen LogP contribution in [0.2, 0.25) is 0 Å². The maximum Gasteiger partial charge on any atom is 0.284 e. The van der Waals surface area contributed by atoms with Gasteiger partial charge in [-0.25, -0.2) is 4.57 Å². The van der Waals surface area contributed by atoms with Crippen LogP contribution in [0, 0.1) is 0 Å². The Hall–Kier alpha value is -0.990. The summed E-state index contributed by atoms with van der Waals surface area (Å²) < 4.78 is 4.09. The van der Waals surface area contributed by atoms with Crippen LogP contribution in [0.4, 0.5) is 0 Å². The standard InChI is InChI=1S/C11H19N2O/c1-2-14-13-9-8-12(10-13)11-6-4-3-5-7-11/h8-11H,2-7H2,1H3/q+1. The second-order valence-corrected chi connectivity index (χ2v) is 3.93. The van der Waals surface area contributed by atoms with E-state index in [9.17, 15) is 0 Å². The van der Waals surface area contributed by atoms with Crippen molar-refractivity contribution in [1.82, 2.24) is 4.73 Å². The Bertz CT molecular complexity index is 277. The van der Waals surface area contributed by atoms with Gasteiger partial charge in [0.1, 0.15) is 18.8 Å². The Morgan fingerprint density at radius 3 is 2.86 bits per heavy atom. The first-order valence-corrected chi connectivity index (χ1v) is 5.62. The molecular weight excluding hydrogens is 176 g/mol. The highest BCUT2D eigenvalue weighted by Crippen LogP contribution is 2.23. The van der Waals surface area contributed by atoms with Crippen LogP contribution in [0.3, 0.4) is 0 Å². The van der Waals surface area contributed by atoms with Crippen molar-refractivity contribution in [3.8, 4) is 0 Å². The number of rotatable bonds is 3. The fraction of sp³-hybridized carbons (Fsp3) is 0.727. The Kier molecular flexibility index (Phi) is 3.07. The van der Waals surface area contributed by atoms with E-state index in [1.807, 2.05) is 13.1 Å². The molecule has 0 spiro atoms. The molecule has 1 aliphatic carbocycles. The quantitative estimate of drug-likeness (QED) is 0.672. The summed E-state index contributed by atoms with van der Waals surface area (Å²) in [5.41, 5.74) is 0. The average Bonchev–Trinajstić information content (AvgIpc) is 2.68. The molecule has 0 saturated heterocycles. The van der Waals surface area contributed by atoms with E-state index in [-0.39, 0.29) is 0 Å². The first-order valence-electron chi connectivity index (χ1n) is 5.62. The van der Waals surface area contributed by atoms with E-state index in [1.54, 1.807) is 4.73 Å². The zero-order valence-corrected chi connectivity index (χ0v) is 8.85. The summed E-state index contributed by atoms with van der Waals surface area (Å²) in [6.07, 6.45) is 12.9. The molecule has 1 aromatic heterocycles. The smallest absolute Gasteiger partial charge is 0.284 e. The molecule has 1 fully saturated rings. The lowest BCUT2D eigenvalue weighted by atomic mass is 9.95. The third-order valence-electron chi connectivity index (χ3n) is 2.91. The molecule has 1 saturated carbocycles. The van der Waals surface area contributed by atoms with Gasteiger partial charge >= 0.3 is 0 Å². The van der Waals surface area contributed by atoms with Crippen molar-refractivity contribution in [2.45, 2.75) is 45.1 Å². The van der Waals surface area contributed by atoms with Crippen LogP contribution < -0.4 is 9.40 Å². The van der Waals surface area contributed by atoms with Crippen LogP contribution in [0.1, 0.15) is 45.1 Å². The van der Waals surface area contributed by atoms with E-state index in [4.69, 9.17) is 4.84 Å². The molecule has 0 N–H and O–H groups in total. The topological polar surface area (TPSA) is 18.0 Å². The van der Waals surface area contributed by atoms with Gasteiger partial charge in [0.2, 0.25) is 0 Å². The van der Waals surface area contributed by atoms with Crippen molar-refractivity contribution in [3.05, 3.63) is 18.7 Å². The van der Waals surface area contributed by atoms with Crippen LogP contribution in [0.5, 0.6) is 0 Å². The molecule has 0 atom stereocenters. The molecule has 14 heavy (non-hydrogen) atoms. The first-order chi connectivity index (χ1) is 6.90. The molecule has 3 nitrogen and oxygen atoms in total. The van der Waals surface area contributed by atoms with Gasteiger partial charge in [-0.2, -0.15) is 0 Å². The lowest BCUT2D eigenvalue weighted by molar-refractivity contribution is -0.726. The van der Waals surface area contributed by atoms with Gasteiger partial charge in [-0.1, -0.05) is 11.2 Å². The lowest BCUT2D eigenvalue weighted by Gasteiger charge is -2.17. The van der Waals surface area contributed by atoms with Crippen molar-refractivity contribution in [2.24, 2.45) is 0 Å². The first kappa shape index (κ1) is 9.56. The summed E-state index contributed by atoms with van der Waals surface area (Å²) in [4.78, 5) is 5.37. The van der Waals surface area contributed by atoms with Crippen LogP contribution in [-0.2, 0) is 0 Å². The minimum absolute atomic E-state index is 0.699. The molecule has 1 heterocycles. The number of aromatic nitrogens is 2.